The predicted molar refractivity (Wildman–Crippen MR) is 129 cm³/mol. The monoisotopic (exact) mass is 450 g/mol. The van der Waals surface area contributed by atoms with Gasteiger partial charge < -0.3 is 14.2 Å². The molecule has 6 nitrogen and oxygen atoms in total. The number of anilines is 1. The number of aryl methyl sites for hydroxylation is 1. The molecule has 1 amide bonds. The van der Waals surface area contributed by atoms with E-state index in [9.17, 15) is 4.79 Å². The van der Waals surface area contributed by atoms with Crippen LogP contribution in [-0.2, 0) is 10.2 Å². The average Bonchev–Trinajstić information content (AvgIpc) is 3.26. The summed E-state index contributed by atoms with van der Waals surface area (Å²) in [7, 11) is 0. The number of piperazine rings is 1. The number of aromatic nitrogens is 2. The van der Waals surface area contributed by atoms with Crippen molar-refractivity contribution in [3.8, 4) is 11.5 Å². The number of nitrogens with zero attached hydrogens (tertiary/aromatic N) is 4. The Morgan fingerprint density at radius 2 is 1.75 bits per heavy atom. The number of rotatable bonds is 5. The maximum atomic E-state index is 12.7. The maximum absolute atomic E-state index is 12.7. The van der Waals surface area contributed by atoms with Crippen molar-refractivity contribution in [1.29, 1.82) is 0 Å². The van der Waals surface area contributed by atoms with E-state index < -0.39 is 0 Å². The van der Waals surface area contributed by atoms with E-state index in [4.69, 9.17) is 4.42 Å². The molecular formula is C25H30N4O2S. The fourth-order valence-electron chi connectivity index (χ4n) is 3.75. The third-order valence-electron chi connectivity index (χ3n) is 5.72. The summed E-state index contributed by atoms with van der Waals surface area (Å²) < 4.78 is 5.78. The van der Waals surface area contributed by atoms with Gasteiger partial charge in [-0.05, 0) is 47.7 Å². The Hall–Kier alpha value is -2.80. The van der Waals surface area contributed by atoms with Crippen molar-refractivity contribution in [2.75, 3.05) is 36.8 Å². The molecule has 3 aromatic rings. The third-order valence-corrected chi connectivity index (χ3v) is 6.53. The van der Waals surface area contributed by atoms with Gasteiger partial charge in [0.25, 0.3) is 5.22 Å². The fourth-order valence-corrected chi connectivity index (χ4v) is 4.42. The Kier molecular flexibility index (Phi) is 6.55. The Morgan fingerprint density at radius 1 is 1.03 bits per heavy atom. The molecule has 1 aliphatic rings. The molecule has 0 aliphatic carbocycles. The SMILES string of the molecule is Cc1cccc(N2CCN(C(=O)CSc3nnc(-c4ccc(C(C)(C)C)cc4)o3)CC2)c1. The molecule has 0 radical (unpaired) electrons. The quantitative estimate of drug-likeness (QED) is 0.521. The molecule has 1 saturated heterocycles. The highest BCUT2D eigenvalue weighted by atomic mass is 32.2. The van der Waals surface area contributed by atoms with Crippen molar-refractivity contribution in [2.24, 2.45) is 0 Å². The zero-order valence-corrected chi connectivity index (χ0v) is 20.0. The lowest BCUT2D eigenvalue weighted by atomic mass is 9.87. The Bertz CT molecular complexity index is 1060. The zero-order valence-electron chi connectivity index (χ0n) is 19.2. The van der Waals surface area contributed by atoms with Crippen molar-refractivity contribution in [1.82, 2.24) is 15.1 Å². The molecule has 1 aromatic heterocycles. The summed E-state index contributed by atoms with van der Waals surface area (Å²) >= 11 is 1.30. The number of carbonyl (C=O) groups is 1. The van der Waals surface area contributed by atoms with Crippen molar-refractivity contribution in [2.45, 2.75) is 38.3 Å². The van der Waals surface area contributed by atoms with Gasteiger partial charge in [-0.1, -0.05) is 56.8 Å². The summed E-state index contributed by atoms with van der Waals surface area (Å²) in [6.45, 7) is 11.8. The second-order valence-corrected chi connectivity index (χ2v) is 10.1. The van der Waals surface area contributed by atoms with Crippen LogP contribution in [0.25, 0.3) is 11.5 Å². The number of carbonyl (C=O) groups excluding carboxylic acids is 1. The van der Waals surface area contributed by atoms with Gasteiger partial charge in [0.15, 0.2) is 0 Å². The van der Waals surface area contributed by atoms with Gasteiger partial charge in [0.05, 0.1) is 5.75 Å². The molecule has 0 N–H and O–H groups in total. The summed E-state index contributed by atoms with van der Waals surface area (Å²) in [4.78, 5) is 16.9. The minimum absolute atomic E-state index is 0.0975. The lowest BCUT2D eigenvalue weighted by Crippen LogP contribution is -2.49. The Morgan fingerprint density at radius 3 is 2.41 bits per heavy atom. The van der Waals surface area contributed by atoms with Gasteiger partial charge >= 0.3 is 0 Å². The average molecular weight is 451 g/mol. The van der Waals surface area contributed by atoms with Crippen molar-refractivity contribution in [3.05, 3.63) is 59.7 Å². The molecule has 168 valence electrons. The molecule has 32 heavy (non-hydrogen) atoms. The van der Waals surface area contributed by atoms with Crippen molar-refractivity contribution >= 4 is 23.4 Å². The zero-order chi connectivity index (χ0) is 22.7. The minimum atomic E-state index is 0.0975. The third kappa shape index (κ3) is 5.33. The molecule has 0 saturated carbocycles. The van der Waals surface area contributed by atoms with Gasteiger partial charge in [-0.15, -0.1) is 10.2 Å². The maximum Gasteiger partial charge on any atom is 0.277 e. The highest BCUT2D eigenvalue weighted by Gasteiger charge is 2.22. The van der Waals surface area contributed by atoms with Crippen LogP contribution in [-0.4, -0.2) is 52.9 Å². The number of thioether (sulfide) groups is 1. The van der Waals surface area contributed by atoms with Crippen LogP contribution in [0, 0.1) is 6.92 Å². The van der Waals surface area contributed by atoms with Crippen LogP contribution >= 0.6 is 11.8 Å². The van der Waals surface area contributed by atoms with Crippen LogP contribution in [0.2, 0.25) is 0 Å². The molecule has 7 heteroatoms. The van der Waals surface area contributed by atoms with E-state index in [0.717, 1.165) is 31.7 Å². The van der Waals surface area contributed by atoms with Gasteiger partial charge in [-0.3, -0.25) is 4.79 Å². The number of hydrogen-bond acceptors (Lipinski definition) is 6. The van der Waals surface area contributed by atoms with E-state index in [1.54, 1.807) is 0 Å². The summed E-state index contributed by atoms with van der Waals surface area (Å²) in [5.41, 5.74) is 4.71. The van der Waals surface area contributed by atoms with Crippen molar-refractivity contribution < 1.29 is 9.21 Å². The van der Waals surface area contributed by atoms with Crippen LogP contribution in [0.5, 0.6) is 0 Å². The smallest absolute Gasteiger partial charge is 0.277 e. The highest BCUT2D eigenvalue weighted by molar-refractivity contribution is 7.99. The van der Waals surface area contributed by atoms with Gasteiger partial charge in [-0.25, -0.2) is 0 Å². The molecular weight excluding hydrogens is 420 g/mol. The molecule has 4 rings (SSSR count). The number of amides is 1. The second-order valence-electron chi connectivity index (χ2n) is 9.20. The Labute approximate surface area is 194 Å². The largest absolute Gasteiger partial charge is 0.411 e. The normalized spacial score (nSPS) is 14.6. The van der Waals surface area contributed by atoms with E-state index in [2.05, 4.69) is 79.2 Å². The van der Waals surface area contributed by atoms with Crippen LogP contribution in [0.3, 0.4) is 0 Å². The van der Waals surface area contributed by atoms with Crippen molar-refractivity contribution in [3.63, 3.8) is 0 Å². The van der Waals surface area contributed by atoms with Crippen LogP contribution < -0.4 is 4.90 Å². The molecule has 1 fully saturated rings. The summed E-state index contributed by atoms with van der Waals surface area (Å²) in [6, 6.07) is 16.7. The fraction of sp³-hybridized carbons (Fsp3) is 0.400. The first-order chi connectivity index (χ1) is 15.3. The molecule has 0 spiro atoms. The number of benzene rings is 2. The summed E-state index contributed by atoms with van der Waals surface area (Å²) in [6.07, 6.45) is 0. The van der Waals surface area contributed by atoms with E-state index in [1.807, 2.05) is 17.0 Å². The van der Waals surface area contributed by atoms with Gasteiger partial charge in [0.1, 0.15) is 0 Å². The van der Waals surface area contributed by atoms with Crippen LogP contribution in [0.1, 0.15) is 31.9 Å². The molecule has 0 bridgehead atoms. The van der Waals surface area contributed by atoms with Gasteiger partial charge in [0, 0.05) is 37.4 Å². The topological polar surface area (TPSA) is 62.5 Å². The molecule has 1 aliphatic heterocycles. The van der Waals surface area contributed by atoms with Crippen LogP contribution in [0.15, 0.2) is 58.2 Å². The number of hydrogen-bond donors (Lipinski definition) is 0. The Balaban J connectivity index is 1.28. The van der Waals surface area contributed by atoms with Gasteiger partial charge in [-0.2, -0.15) is 0 Å². The highest BCUT2D eigenvalue weighted by Crippen LogP contribution is 2.27. The minimum Gasteiger partial charge on any atom is -0.411 e. The standard InChI is InChI=1S/C25H30N4O2S/c1-18-6-5-7-21(16-18)28-12-14-29(15-13-28)22(30)17-32-24-27-26-23(31-24)19-8-10-20(11-9-19)25(2,3)4/h5-11,16H,12-15,17H2,1-4H3. The lowest BCUT2D eigenvalue weighted by Gasteiger charge is -2.36. The van der Waals surface area contributed by atoms with Crippen LogP contribution in [0.4, 0.5) is 5.69 Å². The predicted octanol–water partition coefficient (Wildman–Crippen LogP) is 4.78. The van der Waals surface area contributed by atoms with E-state index in [0.29, 0.717) is 16.9 Å². The van der Waals surface area contributed by atoms with E-state index in [1.165, 1.54) is 28.6 Å². The van der Waals surface area contributed by atoms with Gasteiger partial charge in [0.2, 0.25) is 11.8 Å². The molecule has 2 aromatic carbocycles. The van der Waals surface area contributed by atoms with E-state index in [-0.39, 0.29) is 11.3 Å². The molecule has 2 heterocycles. The molecule has 0 atom stereocenters. The van der Waals surface area contributed by atoms with E-state index >= 15 is 0 Å². The second kappa shape index (κ2) is 9.36. The lowest BCUT2D eigenvalue weighted by molar-refractivity contribution is -0.128. The first-order valence-electron chi connectivity index (χ1n) is 11.0. The summed E-state index contributed by atoms with van der Waals surface area (Å²) in [5, 5.41) is 8.68. The molecule has 0 unspecified atom stereocenters. The first-order valence-corrected chi connectivity index (χ1v) is 11.9. The first kappa shape index (κ1) is 22.4. The summed E-state index contributed by atoms with van der Waals surface area (Å²) in [5.74, 6) is 0.884.